The summed E-state index contributed by atoms with van der Waals surface area (Å²) >= 11 is 0. The summed E-state index contributed by atoms with van der Waals surface area (Å²) in [4.78, 5) is 2.35. The molecule has 3 aromatic carbocycles. The Morgan fingerprint density at radius 1 is 0.808 bits per heavy atom. The molecule has 0 fully saturated rings. The van der Waals surface area contributed by atoms with Crippen molar-refractivity contribution in [2.24, 2.45) is 0 Å². The molecule has 0 aliphatic heterocycles. The van der Waals surface area contributed by atoms with Crippen LogP contribution in [0.1, 0.15) is 29.9 Å². The molecule has 3 aromatic rings. The summed E-state index contributed by atoms with van der Waals surface area (Å²) in [5.74, 6) is 0.483. The molecule has 0 saturated carbocycles. The van der Waals surface area contributed by atoms with Gasteiger partial charge in [0.15, 0.2) is 0 Å². The van der Waals surface area contributed by atoms with Crippen LogP contribution >= 0.6 is 0 Å². The Bertz CT molecular complexity index is 870. The van der Waals surface area contributed by atoms with Crippen molar-refractivity contribution in [2.45, 2.75) is 18.8 Å². The van der Waals surface area contributed by atoms with Gasteiger partial charge in [-0.25, -0.2) is 0 Å². The molecule has 0 aromatic heterocycles. The topological polar surface area (TPSA) is 3.24 Å². The van der Waals surface area contributed by atoms with E-state index in [-0.39, 0.29) is 0 Å². The number of anilines is 3. The minimum Gasteiger partial charge on any atom is -0.310 e. The fraction of sp³-hybridized carbons (Fsp3) is 0.120. The van der Waals surface area contributed by atoms with Gasteiger partial charge in [-0.05, 0) is 48.7 Å². The van der Waals surface area contributed by atoms with Gasteiger partial charge in [0.1, 0.15) is 0 Å². The average Bonchev–Trinajstić information content (AvgIpc) is 3.12. The Balaban J connectivity index is 1.82. The molecule has 1 heteroatoms. The van der Waals surface area contributed by atoms with Gasteiger partial charge in [0.05, 0.1) is 5.69 Å². The summed E-state index contributed by atoms with van der Waals surface area (Å²) in [7, 11) is 0. The largest absolute Gasteiger partial charge is 0.310 e. The number of rotatable bonds is 6. The highest BCUT2D eigenvalue weighted by Gasteiger charge is 2.22. The van der Waals surface area contributed by atoms with E-state index in [1.54, 1.807) is 0 Å². The summed E-state index contributed by atoms with van der Waals surface area (Å²) in [5.41, 5.74) is 6.33. The van der Waals surface area contributed by atoms with E-state index >= 15 is 0 Å². The first-order chi connectivity index (χ1) is 12.9. The van der Waals surface area contributed by atoms with Crippen LogP contribution in [0.3, 0.4) is 0 Å². The second-order valence-corrected chi connectivity index (χ2v) is 6.62. The summed E-state index contributed by atoms with van der Waals surface area (Å²) < 4.78 is 0. The first-order valence-electron chi connectivity index (χ1n) is 9.20. The lowest BCUT2D eigenvalue weighted by Gasteiger charge is -2.27. The third-order valence-electron chi connectivity index (χ3n) is 4.96. The highest BCUT2D eigenvalue weighted by atomic mass is 15.1. The van der Waals surface area contributed by atoms with Crippen molar-refractivity contribution < 1.29 is 0 Å². The Hall–Kier alpha value is -3.06. The number of benzene rings is 3. The lowest BCUT2D eigenvalue weighted by molar-refractivity contribution is 0.761. The molecule has 0 heterocycles. The summed E-state index contributed by atoms with van der Waals surface area (Å²) in [6.07, 6.45) is 8.80. The van der Waals surface area contributed by atoms with Crippen molar-refractivity contribution in [1.82, 2.24) is 0 Å². The van der Waals surface area contributed by atoms with Gasteiger partial charge < -0.3 is 4.90 Å². The summed E-state index contributed by atoms with van der Waals surface area (Å²) in [6.45, 7) is 3.87. The Morgan fingerprint density at radius 3 is 2.08 bits per heavy atom. The predicted molar refractivity (Wildman–Crippen MR) is 112 cm³/mol. The highest BCUT2D eigenvalue weighted by Crippen LogP contribution is 2.43. The molecule has 0 amide bonds. The highest BCUT2D eigenvalue weighted by molar-refractivity contribution is 5.85. The third kappa shape index (κ3) is 3.09. The number of hydrogen-bond donors (Lipinski definition) is 0. The number of nitrogens with zero attached hydrogens (tertiary/aromatic N) is 1. The van der Waals surface area contributed by atoms with Crippen LogP contribution in [-0.4, -0.2) is 0 Å². The molecule has 0 bridgehead atoms. The maximum atomic E-state index is 3.87. The lowest BCUT2D eigenvalue weighted by atomic mass is 9.95. The molecular weight excluding hydrogens is 314 g/mol. The first kappa shape index (κ1) is 16.4. The van der Waals surface area contributed by atoms with Gasteiger partial charge in [-0.15, -0.1) is 6.58 Å². The van der Waals surface area contributed by atoms with Crippen molar-refractivity contribution in [3.05, 3.63) is 109 Å². The molecule has 0 saturated heterocycles. The second kappa shape index (κ2) is 7.45. The van der Waals surface area contributed by atoms with Gasteiger partial charge in [-0.3, -0.25) is 0 Å². The van der Waals surface area contributed by atoms with E-state index in [9.17, 15) is 0 Å². The molecule has 4 rings (SSSR count). The van der Waals surface area contributed by atoms with E-state index in [1.807, 2.05) is 6.08 Å². The minimum absolute atomic E-state index is 0.483. The van der Waals surface area contributed by atoms with Crippen molar-refractivity contribution in [2.75, 3.05) is 4.90 Å². The van der Waals surface area contributed by atoms with Crippen LogP contribution in [0.25, 0.3) is 6.08 Å². The minimum atomic E-state index is 0.483. The Labute approximate surface area is 155 Å². The van der Waals surface area contributed by atoms with E-state index in [0.29, 0.717) is 5.92 Å². The van der Waals surface area contributed by atoms with Crippen LogP contribution in [0, 0.1) is 0 Å². The molecule has 1 aliphatic rings. The Morgan fingerprint density at radius 2 is 1.46 bits per heavy atom. The van der Waals surface area contributed by atoms with Crippen molar-refractivity contribution >= 4 is 23.1 Å². The van der Waals surface area contributed by atoms with Gasteiger partial charge in [0, 0.05) is 22.9 Å². The number of hydrogen-bond acceptors (Lipinski definition) is 1. The van der Waals surface area contributed by atoms with Gasteiger partial charge in [0.2, 0.25) is 0 Å². The quantitative estimate of drug-likeness (QED) is 0.429. The smallest absolute Gasteiger partial charge is 0.0536 e. The average molecular weight is 337 g/mol. The molecule has 0 radical (unpaired) electrons. The summed E-state index contributed by atoms with van der Waals surface area (Å²) in [5, 5.41) is 0. The van der Waals surface area contributed by atoms with Crippen molar-refractivity contribution in [1.29, 1.82) is 0 Å². The SMILES string of the molecule is C=CCCC1C=Cc2c1cccc2N(c1ccccc1)c1ccccc1. The maximum absolute atomic E-state index is 3.87. The van der Waals surface area contributed by atoms with E-state index in [0.717, 1.165) is 12.8 Å². The fourth-order valence-electron chi connectivity index (χ4n) is 3.72. The zero-order valence-corrected chi connectivity index (χ0v) is 14.9. The predicted octanol–water partition coefficient (Wildman–Crippen LogP) is 7.23. The van der Waals surface area contributed by atoms with E-state index in [2.05, 4.69) is 102 Å². The van der Waals surface area contributed by atoms with Crippen LogP contribution in [-0.2, 0) is 0 Å². The zero-order chi connectivity index (χ0) is 17.8. The van der Waals surface area contributed by atoms with Crippen LogP contribution in [0.4, 0.5) is 17.1 Å². The molecule has 128 valence electrons. The van der Waals surface area contributed by atoms with Crippen LogP contribution in [0.15, 0.2) is 97.6 Å². The van der Waals surface area contributed by atoms with Gasteiger partial charge >= 0.3 is 0 Å². The lowest BCUT2D eigenvalue weighted by Crippen LogP contribution is -2.11. The molecular formula is C25H23N. The van der Waals surface area contributed by atoms with Crippen molar-refractivity contribution in [3.8, 4) is 0 Å². The Kier molecular flexibility index (Phi) is 4.70. The van der Waals surface area contributed by atoms with Crippen LogP contribution in [0.5, 0.6) is 0 Å². The molecule has 0 N–H and O–H groups in total. The molecule has 1 atom stereocenters. The molecule has 0 spiro atoms. The molecule has 1 nitrogen and oxygen atoms in total. The van der Waals surface area contributed by atoms with Crippen LogP contribution < -0.4 is 4.90 Å². The first-order valence-corrected chi connectivity index (χ1v) is 9.20. The van der Waals surface area contributed by atoms with E-state index in [1.165, 1.54) is 28.2 Å². The fourth-order valence-corrected chi connectivity index (χ4v) is 3.72. The van der Waals surface area contributed by atoms with Gasteiger partial charge in [-0.1, -0.05) is 66.8 Å². The third-order valence-corrected chi connectivity index (χ3v) is 4.96. The van der Waals surface area contributed by atoms with Crippen molar-refractivity contribution in [3.63, 3.8) is 0 Å². The van der Waals surface area contributed by atoms with E-state index in [4.69, 9.17) is 0 Å². The molecule has 1 aliphatic carbocycles. The number of para-hydroxylation sites is 2. The standard InChI is InChI=1S/C25H23N/c1-2-3-11-20-18-19-24-23(20)16-10-17-25(24)26(21-12-6-4-7-13-21)22-14-8-5-9-15-22/h2,4-10,12-20H,1,3,11H2. The van der Waals surface area contributed by atoms with Crippen LogP contribution in [0.2, 0.25) is 0 Å². The normalized spacial score (nSPS) is 14.8. The number of allylic oxidation sites excluding steroid dienone is 2. The number of fused-ring (bicyclic) bond motifs is 1. The summed E-state index contributed by atoms with van der Waals surface area (Å²) in [6, 6.07) is 27.8. The van der Waals surface area contributed by atoms with Gasteiger partial charge in [-0.2, -0.15) is 0 Å². The molecule has 26 heavy (non-hydrogen) atoms. The maximum Gasteiger partial charge on any atom is 0.0536 e. The van der Waals surface area contributed by atoms with Gasteiger partial charge in [0.25, 0.3) is 0 Å². The monoisotopic (exact) mass is 337 g/mol. The van der Waals surface area contributed by atoms with E-state index < -0.39 is 0 Å². The zero-order valence-electron chi connectivity index (χ0n) is 14.9. The molecule has 1 unspecified atom stereocenters. The second-order valence-electron chi connectivity index (χ2n) is 6.62.